The second kappa shape index (κ2) is 9.39. The molecule has 0 aliphatic carbocycles. The van der Waals surface area contributed by atoms with Crippen molar-refractivity contribution in [2.75, 3.05) is 6.54 Å². The number of benzene rings is 2. The summed E-state index contributed by atoms with van der Waals surface area (Å²) in [6.07, 6.45) is 1.46. The lowest BCUT2D eigenvalue weighted by Crippen LogP contribution is -2.28. The van der Waals surface area contributed by atoms with Crippen LogP contribution in [-0.4, -0.2) is 37.2 Å². The summed E-state index contributed by atoms with van der Waals surface area (Å²) in [5, 5.41) is 4.16. The number of hydrogen-bond acceptors (Lipinski definition) is 5. The number of nitrogens with zero attached hydrogens (tertiary/aromatic N) is 2. The van der Waals surface area contributed by atoms with Gasteiger partial charge < -0.3 is 4.74 Å². The van der Waals surface area contributed by atoms with Crippen LogP contribution in [0.15, 0.2) is 64.6 Å². The lowest BCUT2D eigenvalue weighted by molar-refractivity contribution is -0.148. The van der Waals surface area contributed by atoms with Gasteiger partial charge in [-0.25, -0.2) is 0 Å². The minimum absolute atomic E-state index is 0.120. The number of rotatable bonds is 6. The van der Waals surface area contributed by atoms with E-state index >= 15 is 0 Å². The summed E-state index contributed by atoms with van der Waals surface area (Å²) in [7, 11) is -3.90. The van der Waals surface area contributed by atoms with E-state index in [1.165, 1.54) is 25.3 Å². The molecular formula is C22H24N2O4S. The standard InChI is InChI=1S/C22H24N2O4S/c1-18-11-13-21(14-12-18)29(26,27)24(23-17-20-9-6-5-7-10-20)16-8-15-22(3,4)28-19(2)25/h5-7,9-14,17H,16H2,1-4H3/b23-17+. The van der Waals surface area contributed by atoms with E-state index in [1.54, 1.807) is 26.0 Å². The van der Waals surface area contributed by atoms with Crippen molar-refractivity contribution in [3.63, 3.8) is 0 Å². The summed E-state index contributed by atoms with van der Waals surface area (Å²) in [5.41, 5.74) is 0.671. The minimum Gasteiger partial charge on any atom is -0.447 e. The number of aryl methyl sites for hydroxylation is 1. The van der Waals surface area contributed by atoms with Crippen LogP contribution in [0.3, 0.4) is 0 Å². The highest BCUT2D eigenvalue weighted by Gasteiger charge is 2.23. The van der Waals surface area contributed by atoms with Crippen molar-refractivity contribution >= 4 is 22.2 Å². The topological polar surface area (TPSA) is 76.0 Å². The van der Waals surface area contributed by atoms with E-state index in [4.69, 9.17) is 4.74 Å². The van der Waals surface area contributed by atoms with Crippen molar-refractivity contribution in [1.29, 1.82) is 0 Å². The quantitative estimate of drug-likeness (QED) is 0.316. The van der Waals surface area contributed by atoms with Crippen molar-refractivity contribution in [2.45, 2.75) is 38.2 Å². The molecule has 6 nitrogen and oxygen atoms in total. The van der Waals surface area contributed by atoms with Crippen LogP contribution >= 0.6 is 0 Å². The first-order valence-electron chi connectivity index (χ1n) is 8.98. The number of carbonyl (C=O) groups is 1. The van der Waals surface area contributed by atoms with Gasteiger partial charge in [0.1, 0.15) is 6.54 Å². The molecule has 0 saturated heterocycles. The Kier molecular flexibility index (Phi) is 7.18. The average Bonchev–Trinajstić information content (AvgIpc) is 2.64. The lowest BCUT2D eigenvalue weighted by Gasteiger charge is -2.19. The Bertz CT molecular complexity index is 1030. The zero-order valence-corrected chi connectivity index (χ0v) is 17.7. The van der Waals surface area contributed by atoms with Gasteiger partial charge in [-0.1, -0.05) is 59.9 Å². The smallest absolute Gasteiger partial charge is 0.304 e. The van der Waals surface area contributed by atoms with Crippen molar-refractivity contribution in [3.05, 3.63) is 65.7 Å². The molecule has 7 heteroatoms. The number of carbonyl (C=O) groups excluding carboxylic acids is 1. The summed E-state index contributed by atoms with van der Waals surface area (Å²) in [6, 6.07) is 15.7. The van der Waals surface area contributed by atoms with Crippen LogP contribution in [0.25, 0.3) is 0 Å². The molecule has 0 saturated carbocycles. The first-order chi connectivity index (χ1) is 13.6. The number of hydrazone groups is 1. The third-order valence-electron chi connectivity index (χ3n) is 3.73. The predicted octanol–water partition coefficient (Wildman–Crippen LogP) is 3.36. The van der Waals surface area contributed by atoms with Crippen LogP contribution in [0.2, 0.25) is 0 Å². The number of sulfonamides is 1. The largest absolute Gasteiger partial charge is 0.447 e. The van der Waals surface area contributed by atoms with Gasteiger partial charge in [-0.2, -0.15) is 17.9 Å². The molecule has 0 aromatic heterocycles. The molecular weight excluding hydrogens is 388 g/mol. The minimum atomic E-state index is -3.90. The number of hydrogen-bond donors (Lipinski definition) is 0. The molecule has 2 rings (SSSR count). The van der Waals surface area contributed by atoms with Gasteiger partial charge >= 0.3 is 5.97 Å². The van der Waals surface area contributed by atoms with Gasteiger partial charge in [-0.15, -0.1) is 0 Å². The maximum absolute atomic E-state index is 13.1. The first-order valence-corrected chi connectivity index (χ1v) is 10.4. The Morgan fingerprint density at radius 1 is 1.14 bits per heavy atom. The Morgan fingerprint density at radius 3 is 2.34 bits per heavy atom. The van der Waals surface area contributed by atoms with Crippen LogP contribution in [0, 0.1) is 18.8 Å². The SMILES string of the molecule is CC(=O)OC(C)(C)C#CCN(/N=C/c1ccccc1)S(=O)(=O)c1ccc(C)cc1. The predicted molar refractivity (Wildman–Crippen MR) is 113 cm³/mol. The van der Waals surface area contributed by atoms with Crippen LogP contribution in [0.1, 0.15) is 31.9 Å². The third-order valence-corrected chi connectivity index (χ3v) is 5.38. The molecule has 2 aromatic rings. The highest BCUT2D eigenvalue weighted by molar-refractivity contribution is 7.89. The highest BCUT2D eigenvalue weighted by Crippen LogP contribution is 2.17. The zero-order valence-electron chi connectivity index (χ0n) is 16.9. The Balaban J connectivity index is 2.34. The van der Waals surface area contributed by atoms with Crippen molar-refractivity contribution in [2.24, 2.45) is 5.10 Å². The normalized spacial score (nSPS) is 11.6. The lowest BCUT2D eigenvalue weighted by atomic mass is 10.1. The van der Waals surface area contributed by atoms with Gasteiger partial charge in [0.25, 0.3) is 10.0 Å². The van der Waals surface area contributed by atoms with E-state index in [1.807, 2.05) is 37.3 Å². The van der Waals surface area contributed by atoms with Crippen molar-refractivity contribution < 1.29 is 17.9 Å². The molecule has 0 amide bonds. The van der Waals surface area contributed by atoms with Gasteiger partial charge in [0.15, 0.2) is 5.60 Å². The second-order valence-corrected chi connectivity index (χ2v) is 8.70. The van der Waals surface area contributed by atoms with E-state index in [2.05, 4.69) is 16.9 Å². The van der Waals surface area contributed by atoms with Gasteiger partial charge in [0, 0.05) is 6.92 Å². The highest BCUT2D eigenvalue weighted by atomic mass is 32.2. The van der Waals surface area contributed by atoms with E-state index in [9.17, 15) is 13.2 Å². The second-order valence-electron chi connectivity index (χ2n) is 6.86. The molecule has 0 aliphatic rings. The monoisotopic (exact) mass is 412 g/mol. The first kappa shape index (κ1) is 22.2. The molecule has 29 heavy (non-hydrogen) atoms. The molecule has 0 atom stereocenters. The van der Waals surface area contributed by atoms with Gasteiger partial charge in [-0.05, 0) is 38.5 Å². The summed E-state index contributed by atoms with van der Waals surface area (Å²) >= 11 is 0. The Hall–Kier alpha value is -3.11. The van der Waals surface area contributed by atoms with Crippen LogP contribution in [0.5, 0.6) is 0 Å². The molecule has 152 valence electrons. The van der Waals surface area contributed by atoms with E-state index in [-0.39, 0.29) is 11.4 Å². The number of esters is 1. The van der Waals surface area contributed by atoms with Gasteiger partial charge in [0.05, 0.1) is 11.1 Å². The molecule has 0 unspecified atom stereocenters. The Morgan fingerprint density at radius 2 is 1.76 bits per heavy atom. The maximum Gasteiger partial charge on any atom is 0.304 e. The Labute approximate surface area is 172 Å². The van der Waals surface area contributed by atoms with Crippen molar-refractivity contribution in [1.82, 2.24) is 4.41 Å². The summed E-state index contributed by atoms with van der Waals surface area (Å²) in [4.78, 5) is 11.3. The van der Waals surface area contributed by atoms with E-state index in [0.29, 0.717) is 0 Å². The fraction of sp³-hybridized carbons (Fsp3) is 0.273. The van der Waals surface area contributed by atoms with Crippen LogP contribution in [-0.2, 0) is 19.6 Å². The third kappa shape index (κ3) is 6.77. The molecule has 0 spiro atoms. The molecule has 0 aliphatic heterocycles. The summed E-state index contributed by atoms with van der Waals surface area (Å²) < 4.78 is 32.2. The van der Waals surface area contributed by atoms with Crippen LogP contribution < -0.4 is 0 Å². The molecule has 0 bridgehead atoms. The van der Waals surface area contributed by atoms with Crippen LogP contribution in [0.4, 0.5) is 0 Å². The summed E-state index contributed by atoms with van der Waals surface area (Å²) in [6.45, 7) is 6.25. The molecule has 0 fully saturated rings. The molecule has 0 N–H and O–H groups in total. The maximum atomic E-state index is 13.1. The molecule has 0 heterocycles. The fourth-order valence-electron chi connectivity index (χ4n) is 2.39. The molecule has 2 aromatic carbocycles. The number of ether oxygens (including phenoxy) is 1. The van der Waals surface area contributed by atoms with Crippen molar-refractivity contribution in [3.8, 4) is 11.8 Å². The molecule has 0 radical (unpaired) electrons. The van der Waals surface area contributed by atoms with Gasteiger partial charge in [-0.3, -0.25) is 4.79 Å². The zero-order chi connectivity index (χ0) is 21.5. The average molecular weight is 413 g/mol. The fourth-order valence-corrected chi connectivity index (χ4v) is 3.52. The van der Waals surface area contributed by atoms with E-state index in [0.717, 1.165) is 15.5 Å². The van der Waals surface area contributed by atoms with Gasteiger partial charge in [0.2, 0.25) is 0 Å². The summed E-state index contributed by atoms with van der Waals surface area (Å²) in [5.74, 6) is 5.08. The van der Waals surface area contributed by atoms with E-state index < -0.39 is 21.6 Å².